The maximum Gasteiger partial charge on any atom is 0.306 e. The molecule has 10 nitrogen and oxygen atoms in total. The predicted octanol–water partition coefficient (Wildman–Crippen LogP) is 2.52. The summed E-state index contributed by atoms with van der Waals surface area (Å²) in [6.45, 7) is 0. The zero-order chi connectivity index (χ0) is 24.8. The molecule has 2 aromatic rings. The number of Topliss-reactive ketones (excluding diaryl/α,β-unsaturated/α-hetero) is 2. The summed E-state index contributed by atoms with van der Waals surface area (Å²) in [6, 6.07) is 9.12. The van der Waals surface area contributed by atoms with E-state index in [2.05, 4.69) is 20.1 Å². The van der Waals surface area contributed by atoms with E-state index in [-0.39, 0.29) is 42.5 Å². The van der Waals surface area contributed by atoms with Gasteiger partial charge in [-0.05, 0) is 23.8 Å². The van der Waals surface area contributed by atoms with Gasteiger partial charge in [-0.3, -0.25) is 28.8 Å². The Labute approximate surface area is 194 Å². The van der Waals surface area contributed by atoms with E-state index in [9.17, 15) is 28.8 Å². The lowest BCUT2D eigenvalue weighted by atomic mass is 9.82. The fourth-order valence-electron chi connectivity index (χ4n) is 3.48. The molecule has 1 aliphatic carbocycles. The summed E-state index contributed by atoms with van der Waals surface area (Å²) in [4.78, 5) is 72.5. The van der Waals surface area contributed by atoms with Crippen molar-refractivity contribution in [3.63, 3.8) is 0 Å². The Hall–Kier alpha value is -4.34. The van der Waals surface area contributed by atoms with Gasteiger partial charge in [-0.1, -0.05) is 18.2 Å². The average Bonchev–Trinajstić information content (AvgIpc) is 2.84. The first kappa shape index (κ1) is 24.3. The Bertz CT molecular complexity index is 1200. The lowest BCUT2D eigenvalue weighted by Gasteiger charge is -2.22. The Kier molecular flexibility index (Phi) is 7.52. The molecule has 0 atom stereocenters. The number of fused-ring (bicyclic) bond motifs is 3. The molecule has 2 N–H and O–H groups in total. The van der Waals surface area contributed by atoms with Crippen LogP contribution in [0.5, 0.6) is 0 Å². The average molecular weight is 466 g/mol. The van der Waals surface area contributed by atoms with Gasteiger partial charge in [0.1, 0.15) is 0 Å². The number of ether oxygens (including phenoxy) is 2. The van der Waals surface area contributed by atoms with Gasteiger partial charge in [-0.15, -0.1) is 0 Å². The number of hydrogen-bond acceptors (Lipinski definition) is 8. The van der Waals surface area contributed by atoms with Crippen LogP contribution in [0.2, 0.25) is 0 Å². The number of nitrogens with one attached hydrogen (secondary N) is 2. The highest BCUT2D eigenvalue weighted by Crippen LogP contribution is 2.39. The normalized spacial score (nSPS) is 11.7. The molecule has 34 heavy (non-hydrogen) atoms. The predicted molar refractivity (Wildman–Crippen MR) is 120 cm³/mol. The maximum atomic E-state index is 12.8. The lowest BCUT2D eigenvalue weighted by Crippen LogP contribution is -2.23. The van der Waals surface area contributed by atoms with Gasteiger partial charge in [0.05, 0.1) is 27.1 Å². The highest BCUT2D eigenvalue weighted by atomic mass is 16.5. The molecule has 0 aromatic heterocycles. The molecular weight excluding hydrogens is 444 g/mol. The van der Waals surface area contributed by atoms with Gasteiger partial charge in [0, 0.05) is 40.9 Å². The minimum atomic E-state index is -0.748. The summed E-state index contributed by atoms with van der Waals surface area (Å²) in [6.07, 6.45) is -0.435. The minimum Gasteiger partial charge on any atom is -0.469 e. The van der Waals surface area contributed by atoms with Crippen LogP contribution in [0.1, 0.15) is 46.4 Å². The molecule has 0 unspecified atom stereocenters. The van der Waals surface area contributed by atoms with E-state index in [1.807, 2.05) is 0 Å². The Balaban J connectivity index is 1.88. The smallest absolute Gasteiger partial charge is 0.306 e. The molecule has 10 heteroatoms. The lowest BCUT2D eigenvalue weighted by molar-refractivity contribution is -0.142. The second-order valence-corrected chi connectivity index (χ2v) is 7.40. The van der Waals surface area contributed by atoms with Crippen molar-refractivity contribution in [2.24, 2.45) is 0 Å². The molecule has 0 saturated heterocycles. The number of hydrogen-bond donors (Lipinski definition) is 2. The number of carbonyl (C=O) groups excluding carboxylic acids is 6. The third-order valence-corrected chi connectivity index (χ3v) is 5.17. The van der Waals surface area contributed by atoms with E-state index in [1.165, 1.54) is 26.4 Å². The van der Waals surface area contributed by atoms with Gasteiger partial charge in [0.15, 0.2) is 0 Å². The van der Waals surface area contributed by atoms with Crippen LogP contribution < -0.4 is 10.6 Å². The number of rotatable bonds is 8. The largest absolute Gasteiger partial charge is 0.469 e. The first-order valence-electron chi connectivity index (χ1n) is 10.3. The quantitative estimate of drug-likeness (QED) is 0.446. The number of methoxy groups -OCH3 is 2. The van der Waals surface area contributed by atoms with Crippen molar-refractivity contribution in [3.05, 3.63) is 47.5 Å². The maximum absolute atomic E-state index is 12.8. The Morgan fingerprint density at radius 2 is 1.29 bits per heavy atom. The van der Waals surface area contributed by atoms with E-state index in [0.717, 1.165) is 0 Å². The van der Waals surface area contributed by atoms with Crippen LogP contribution in [0.15, 0.2) is 36.4 Å². The molecule has 0 heterocycles. The summed E-state index contributed by atoms with van der Waals surface area (Å²) < 4.78 is 9.03. The number of ketones is 2. The van der Waals surface area contributed by atoms with Crippen molar-refractivity contribution in [1.29, 1.82) is 0 Å². The number of esters is 2. The topological polar surface area (TPSA) is 145 Å². The molecule has 0 saturated carbocycles. The monoisotopic (exact) mass is 466 g/mol. The zero-order valence-electron chi connectivity index (χ0n) is 18.6. The number of amides is 2. The zero-order valence-corrected chi connectivity index (χ0v) is 18.6. The summed E-state index contributed by atoms with van der Waals surface area (Å²) in [5, 5.41) is 5.27. The fourth-order valence-corrected chi connectivity index (χ4v) is 3.48. The van der Waals surface area contributed by atoms with Gasteiger partial charge in [-0.25, -0.2) is 0 Å². The third-order valence-electron chi connectivity index (χ3n) is 5.17. The molecule has 0 fully saturated rings. The first-order chi connectivity index (χ1) is 16.2. The number of carbonyl (C=O) groups is 6. The fraction of sp³-hybridized carbons (Fsp3) is 0.250. The van der Waals surface area contributed by atoms with E-state index in [4.69, 9.17) is 0 Å². The van der Waals surface area contributed by atoms with Crippen molar-refractivity contribution in [2.75, 3.05) is 24.9 Å². The van der Waals surface area contributed by atoms with E-state index >= 15 is 0 Å². The summed E-state index contributed by atoms with van der Waals surface area (Å²) in [5.41, 5.74) is 1.58. The van der Waals surface area contributed by atoms with Crippen LogP contribution in [-0.4, -0.2) is 49.5 Å². The minimum absolute atomic E-state index is 0.0690. The standard InChI is InChI=1S/C24H22N2O8/c1-33-20(29)10-8-18(27)25-13-6-7-14-16(12-13)24(32)23(31)15-4-3-5-17(22(14)15)26-19(28)9-11-21(30)34-2/h3-7,12H,8-11H2,1-2H3,(H,25,27)(H,26,28). The SMILES string of the molecule is COC(=O)CCC(=O)Nc1ccc2c(c1)C(=O)C(=O)c1cccc(NC(=O)CCC(=O)OC)c1-2. The molecule has 3 rings (SSSR count). The molecule has 176 valence electrons. The molecule has 2 amide bonds. The Morgan fingerprint density at radius 1 is 0.706 bits per heavy atom. The molecule has 0 radical (unpaired) electrons. The van der Waals surface area contributed by atoms with E-state index < -0.39 is 35.3 Å². The summed E-state index contributed by atoms with van der Waals surface area (Å²) in [7, 11) is 2.45. The second kappa shape index (κ2) is 10.5. The summed E-state index contributed by atoms with van der Waals surface area (Å²) >= 11 is 0. The molecular formula is C24H22N2O8. The van der Waals surface area contributed by atoms with Crippen LogP contribution in [0, 0.1) is 0 Å². The van der Waals surface area contributed by atoms with Crippen LogP contribution in [-0.2, 0) is 28.7 Å². The molecule has 0 spiro atoms. The van der Waals surface area contributed by atoms with Gasteiger partial charge < -0.3 is 20.1 Å². The van der Waals surface area contributed by atoms with Crippen LogP contribution >= 0.6 is 0 Å². The van der Waals surface area contributed by atoms with Gasteiger partial charge >= 0.3 is 11.9 Å². The van der Waals surface area contributed by atoms with Gasteiger partial charge in [0.25, 0.3) is 0 Å². The van der Waals surface area contributed by atoms with Crippen molar-refractivity contribution in [3.8, 4) is 11.1 Å². The molecule has 2 aromatic carbocycles. The molecule has 0 bridgehead atoms. The molecule has 1 aliphatic rings. The summed E-state index contributed by atoms with van der Waals surface area (Å²) in [5.74, 6) is -3.47. The second-order valence-electron chi connectivity index (χ2n) is 7.40. The van der Waals surface area contributed by atoms with E-state index in [1.54, 1.807) is 24.3 Å². The van der Waals surface area contributed by atoms with Gasteiger partial charge in [0.2, 0.25) is 23.4 Å². The Morgan fingerprint density at radius 3 is 1.91 bits per heavy atom. The number of anilines is 2. The van der Waals surface area contributed by atoms with Crippen molar-refractivity contribution >= 4 is 46.7 Å². The van der Waals surface area contributed by atoms with Crippen molar-refractivity contribution in [2.45, 2.75) is 25.7 Å². The highest BCUT2D eigenvalue weighted by molar-refractivity contribution is 6.53. The third kappa shape index (κ3) is 5.34. The first-order valence-corrected chi connectivity index (χ1v) is 10.3. The van der Waals surface area contributed by atoms with Crippen molar-refractivity contribution in [1.82, 2.24) is 0 Å². The van der Waals surface area contributed by atoms with Crippen LogP contribution in [0.4, 0.5) is 11.4 Å². The van der Waals surface area contributed by atoms with Crippen molar-refractivity contribution < 1.29 is 38.2 Å². The number of benzene rings is 2. The van der Waals surface area contributed by atoms with Crippen LogP contribution in [0.25, 0.3) is 11.1 Å². The highest BCUT2D eigenvalue weighted by Gasteiger charge is 2.32. The van der Waals surface area contributed by atoms with E-state index in [0.29, 0.717) is 16.8 Å². The van der Waals surface area contributed by atoms with Gasteiger partial charge in [-0.2, -0.15) is 0 Å². The van der Waals surface area contributed by atoms with Crippen LogP contribution in [0.3, 0.4) is 0 Å². The molecule has 0 aliphatic heterocycles.